The predicted molar refractivity (Wildman–Crippen MR) is 86.7 cm³/mol. The maximum atomic E-state index is 12.1. The van der Waals surface area contributed by atoms with E-state index in [1.807, 2.05) is 6.07 Å². The SMILES string of the molecule is O=c1oc2ccc(Br)cc2cc1-c1nnc(-c2ccncc2)o1. The molecule has 0 unspecified atom stereocenters. The molecule has 0 atom stereocenters. The molecule has 1 aromatic carbocycles. The first-order chi connectivity index (χ1) is 11.2. The molecule has 0 saturated heterocycles. The number of pyridine rings is 1. The highest BCUT2D eigenvalue weighted by atomic mass is 79.9. The summed E-state index contributed by atoms with van der Waals surface area (Å²) < 4.78 is 11.8. The molecule has 0 aliphatic rings. The standard InChI is InChI=1S/C16H8BrN3O3/c17-11-1-2-13-10(7-11)8-12(16(21)22-13)15-20-19-14(23-15)9-3-5-18-6-4-9/h1-8H. The summed E-state index contributed by atoms with van der Waals surface area (Å²) in [4.78, 5) is 16.1. The number of nitrogens with zero attached hydrogens (tertiary/aromatic N) is 3. The summed E-state index contributed by atoms with van der Waals surface area (Å²) in [5.41, 5.74) is 0.927. The Balaban J connectivity index is 1.85. The van der Waals surface area contributed by atoms with E-state index in [1.165, 1.54) is 0 Å². The molecular weight excluding hydrogens is 362 g/mol. The Hall–Kier alpha value is -2.80. The van der Waals surface area contributed by atoms with E-state index >= 15 is 0 Å². The molecule has 7 heteroatoms. The van der Waals surface area contributed by atoms with Crippen LogP contribution >= 0.6 is 15.9 Å². The quantitative estimate of drug-likeness (QED) is 0.501. The van der Waals surface area contributed by atoms with Crippen molar-refractivity contribution in [1.29, 1.82) is 0 Å². The number of benzene rings is 1. The Morgan fingerprint density at radius 1 is 0.913 bits per heavy atom. The summed E-state index contributed by atoms with van der Waals surface area (Å²) in [6, 6.07) is 10.5. The normalized spacial score (nSPS) is 11.0. The van der Waals surface area contributed by atoms with Gasteiger partial charge in [-0.05, 0) is 36.4 Å². The van der Waals surface area contributed by atoms with Gasteiger partial charge in [0.15, 0.2) is 0 Å². The largest absolute Gasteiger partial charge is 0.422 e. The molecular formula is C16H8BrN3O3. The van der Waals surface area contributed by atoms with E-state index < -0.39 is 5.63 Å². The number of fused-ring (bicyclic) bond motifs is 1. The fourth-order valence-electron chi connectivity index (χ4n) is 2.19. The molecule has 0 bridgehead atoms. The molecule has 0 N–H and O–H groups in total. The lowest BCUT2D eigenvalue weighted by Crippen LogP contribution is -2.02. The van der Waals surface area contributed by atoms with Crippen molar-refractivity contribution in [2.75, 3.05) is 0 Å². The second kappa shape index (κ2) is 5.44. The van der Waals surface area contributed by atoms with Crippen LogP contribution in [0, 0.1) is 0 Å². The van der Waals surface area contributed by atoms with Crippen LogP contribution < -0.4 is 5.63 Å². The minimum Gasteiger partial charge on any atom is -0.422 e. The molecule has 112 valence electrons. The van der Waals surface area contributed by atoms with Crippen LogP contribution in [0.15, 0.2) is 66.9 Å². The summed E-state index contributed by atoms with van der Waals surface area (Å²) in [7, 11) is 0. The van der Waals surface area contributed by atoms with Gasteiger partial charge in [0.05, 0.1) is 0 Å². The van der Waals surface area contributed by atoms with Crippen molar-refractivity contribution in [3.63, 3.8) is 0 Å². The Morgan fingerprint density at radius 3 is 2.52 bits per heavy atom. The highest BCUT2D eigenvalue weighted by Gasteiger charge is 2.15. The molecule has 23 heavy (non-hydrogen) atoms. The lowest BCUT2D eigenvalue weighted by molar-refractivity contribution is 0.547. The van der Waals surface area contributed by atoms with Crippen molar-refractivity contribution < 1.29 is 8.83 Å². The Bertz CT molecular complexity index is 1060. The summed E-state index contributed by atoms with van der Waals surface area (Å²) in [5.74, 6) is 0.434. The Morgan fingerprint density at radius 2 is 1.70 bits per heavy atom. The molecule has 0 aliphatic heterocycles. The summed E-state index contributed by atoms with van der Waals surface area (Å²) in [5, 5.41) is 8.67. The second-order valence-electron chi connectivity index (χ2n) is 4.78. The highest BCUT2D eigenvalue weighted by Crippen LogP contribution is 2.25. The number of rotatable bonds is 2. The zero-order valence-electron chi connectivity index (χ0n) is 11.6. The number of hydrogen-bond acceptors (Lipinski definition) is 6. The van der Waals surface area contributed by atoms with Gasteiger partial charge in [0, 0.05) is 27.8 Å². The van der Waals surface area contributed by atoms with Crippen molar-refractivity contribution in [2.24, 2.45) is 0 Å². The third-order valence-electron chi connectivity index (χ3n) is 3.28. The van der Waals surface area contributed by atoms with Gasteiger partial charge in [-0.1, -0.05) is 15.9 Å². The Kier molecular flexibility index (Phi) is 3.27. The highest BCUT2D eigenvalue weighted by molar-refractivity contribution is 9.10. The van der Waals surface area contributed by atoms with Crippen molar-refractivity contribution in [2.45, 2.75) is 0 Å². The molecule has 0 radical (unpaired) electrons. The average Bonchev–Trinajstić information content (AvgIpc) is 3.05. The van der Waals surface area contributed by atoms with Crippen LogP contribution in [0.1, 0.15) is 0 Å². The topological polar surface area (TPSA) is 82.0 Å². The molecule has 4 aromatic rings. The Labute approximate surface area is 137 Å². The monoisotopic (exact) mass is 369 g/mol. The maximum absolute atomic E-state index is 12.1. The third kappa shape index (κ3) is 2.55. The predicted octanol–water partition coefficient (Wildman–Crippen LogP) is 3.67. The van der Waals surface area contributed by atoms with Crippen molar-refractivity contribution >= 4 is 26.9 Å². The van der Waals surface area contributed by atoms with Crippen molar-refractivity contribution in [1.82, 2.24) is 15.2 Å². The number of aromatic nitrogens is 3. The summed E-state index contributed by atoms with van der Waals surface area (Å²) in [6.45, 7) is 0. The summed E-state index contributed by atoms with van der Waals surface area (Å²) in [6.07, 6.45) is 3.25. The average molecular weight is 370 g/mol. The molecule has 0 aliphatic carbocycles. The number of halogens is 1. The van der Waals surface area contributed by atoms with Gasteiger partial charge in [-0.3, -0.25) is 4.98 Å². The smallest absolute Gasteiger partial charge is 0.349 e. The van der Waals surface area contributed by atoms with Gasteiger partial charge in [-0.2, -0.15) is 0 Å². The molecule has 6 nitrogen and oxygen atoms in total. The molecule has 0 amide bonds. The van der Waals surface area contributed by atoms with Crippen LogP contribution in [0.4, 0.5) is 0 Å². The first kappa shape index (κ1) is 13.8. The van der Waals surface area contributed by atoms with E-state index in [9.17, 15) is 4.79 Å². The van der Waals surface area contributed by atoms with E-state index in [0.717, 1.165) is 15.4 Å². The van der Waals surface area contributed by atoms with Crippen LogP contribution in [0.5, 0.6) is 0 Å². The van der Waals surface area contributed by atoms with Crippen molar-refractivity contribution in [3.05, 3.63) is 63.7 Å². The first-order valence-electron chi connectivity index (χ1n) is 6.68. The molecule has 0 fully saturated rings. The first-order valence-corrected chi connectivity index (χ1v) is 7.48. The van der Waals surface area contributed by atoms with Crippen LogP contribution in [0.2, 0.25) is 0 Å². The minimum absolute atomic E-state index is 0.118. The van der Waals surface area contributed by atoms with E-state index in [4.69, 9.17) is 8.83 Å². The zero-order chi connectivity index (χ0) is 15.8. The fraction of sp³-hybridized carbons (Fsp3) is 0. The van der Waals surface area contributed by atoms with Crippen LogP contribution in [-0.2, 0) is 0 Å². The van der Waals surface area contributed by atoms with E-state index in [-0.39, 0.29) is 11.5 Å². The lowest BCUT2D eigenvalue weighted by Gasteiger charge is -1.99. The van der Waals surface area contributed by atoms with Crippen LogP contribution in [-0.4, -0.2) is 15.2 Å². The molecule has 3 aromatic heterocycles. The molecule has 3 heterocycles. The molecule has 0 spiro atoms. The van der Waals surface area contributed by atoms with Crippen molar-refractivity contribution in [3.8, 4) is 22.9 Å². The summed E-state index contributed by atoms with van der Waals surface area (Å²) >= 11 is 3.39. The maximum Gasteiger partial charge on any atom is 0.349 e. The fourth-order valence-corrected chi connectivity index (χ4v) is 2.57. The van der Waals surface area contributed by atoms with Gasteiger partial charge in [-0.25, -0.2) is 4.79 Å². The second-order valence-corrected chi connectivity index (χ2v) is 5.69. The lowest BCUT2D eigenvalue weighted by atomic mass is 10.2. The van der Waals surface area contributed by atoms with Gasteiger partial charge >= 0.3 is 5.63 Å². The van der Waals surface area contributed by atoms with Gasteiger partial charge in [0.1, 0.15) is 11.1 Å². The molecule has 0 saturated carbocycles. The van der Waals surface area contributed by atoms with Crippen LogP contribution in [0.25, 0.3) is 33.9 Å². The minimum atomic E-state index is -0.523. The number of hydrogen-bond donors (Lipinski definition) is 0. The van der Waals surface area contributed by atoms with E-state index in [1.54, 1.807) is 42.7 Å². The van der Waals surface area contributed by atoms with E-state index in [2.05, 4.69) is 31.1 Å². The molecule has 4 rings (SSSR count). The van der Waals surface area contributed by atoms with Gasteiger partial charge in [0.2, 0.25) is 5.89 Å². The van der Waals surface area contributed by atoms with Crippen LogP contribution in [0.3, 0.4) is 0 Å². The van der Waals surface area contributed by atoms with Gasteiger partial charge in [0.25, 0.3) is 5.89 Å². The van der Waals surface area contributed by atoms with Gasteiger partial charge < -0.3 is 8.83 Å². The van der Waals surface area contributed by atoms with Gasteiger partial charge in [-0.15, -0.1) is 10.2 Å². The third-order valence-corrected chi connectivity index (χ3v) is 3.77. The zero-order valence-corrected chi connectivity index (χ0v) is 13.1. The van der Waals surface area contributed by atoms with E-state index in [0.29, 0.717) is 11.5 Å².